The molecule has 1 heterocycles. The number of para-hydroxylation sites is 2. The molecule has 1 aliphatic carbocycles. The summed E-state index contributed by atoms with van der Waals surface area (Å²) in [6.45, 7) is 0. The van der Waals surface area contributed by atoms with E-state index in [0.29, 0.717) is 11.4 Å². The van der Waals surface area contributed by atoms with E-state index < -0.39 is 17.8 Å². The third-order valence-electron chi connectivity index (χ3n) is 6.61. The molecule has 0 aromatic heterocycles. The van der Waals surface area contributed by atoms with Crippen LogP contribution in [0.4, 0.5) is 5.69 Å². The zero-order valence-electron chi connectivity index (χ0n) is 18.5. The van der Waals surface area contributed by atoms with Crippen LogP contribution in [0.1, 0.15) is 34.1 Å². The van der Waals surface area contributed by atoms with Crippen LogP contribution in [0.3, 0.4) is 0 Å². The van der Waals surface area contributed by atoms with Crippen LogP contribution in [0.15, 0.2) is 97.1 Å². The van der Waals surface area contributed by atoms with Crippen LogP contribution in [0.2, 0.25) is 0 Å². The number of amides is 1. The van der Waals surface area contributed by atoms with Gasteiger partial charge in [0.05, 0.1) is 18.7 Å². The van der Waals surface area contributed by atoms with Crippen LogP contribution >= 0.6 is 0 Å². The summed E-state index contributed by atoms with van der Waals surface area (Å²) in [6.07, 6.45) is 0. The van der Waals surface area contributed by atoms with Crippen LogP contribution in [-0.4, -0.2) is 19.0 Å². The number of hydrogen-bond acceptors (Lipinski definition) is 4. The van der Waals surface area contributed by atoms with Gasteiger partial charge >= 0.3 is 5.97 Å². The molecule has 1 atom stereocenters. The molecule has 0 saturated carbocycles. The molecule has 0 N–H and O–H groups in total. The Balaban J connectivity index is 1.39. The largest absolute Gasteiger partial charge is 0.496 e. The predicted octanol–water partition coefficient (Wildman–Crippen LogP) is 5.44. The van der Waals surface area contributed by atoms with Crippen LogP contribution in [0.5, 0.6) is 5.75 Å². The van der Waals surface area contributed by atoms with E-state index in [-0.39, 0.29) is 5.91 Å². The molecular formula is C29H21NO4. The number of anilines is 1. The van der Waals surface area contributed by atoms with Crippen molar-refractivity contribution in [1.29, 1.82) is 0 Å². The fraction of sp³-hybridized carbons (Fsp3) is 0.103. The van der Waals surface area contributed by atoms with Gasteiger partial charge in [0.1, 0.15) is 11.7 Å². The van der Waals surface area contributed by atoms with Gasteiger partial charge in [0.25, 0.3) is 5.91 Å². The Morgan fingerprint density at radius 2 is 1.24 bits per heavy atom. The predicted molar refractivity (Wildman–Crippen MR) is 129 cm³/mol. The zero-order valence-corrected chi connectivity index (χ0v) is 18.5. The minimum absolute atomic E-state index is 0.321. The number of hydroxylamine groups is 1. The first-order chi connectivity index (χ1) is 16.7. The first kappa shape index (κ1) is 20.2. The molecule has 1 aliphatic heterocycles. The molecule has 166 valence electrons. The summed E-state index contributed by atoms with van der Waals surface area (Å²) < 4.78 is 5.52. The molecule has 34 heavy (non-hydrogen) atoms. The van der Waals surface area contributed by atoms with Gasteiger partial charge in [-0.1, -0.05) is 84.9 Å². The molecule has 5 nitrogen and oxygen atoms in total. The standard InChI is InChI=1S/C29H21NO4/c1-33-25-17-9-7-15-23(25)26-22-14-6-8-16-24(22)30(28(26)31)34-29(32)27-20-12-4-2-10-18(20)19-11-3-5-13-21(19)27/h2-17,26-27H,1H3/t26-/m1/s1. The molecule has 0 unspecified atom stereocenters. The minimum Gasteiger partial charge on any atom is -0.496 e. The number of methoxy groups -OCH3 is 1. The summed E-state index contributed by atoms with van der Waals surface area (Å²) in [5.74, 6) is -1.41. The van der Waals surface area contributed by atoms with E-state index in [1.165, 1.54) is 0 Å². The smallest absolute Gasteiger partial charge is 0.344 e. The maximum absolute atomic E-state index is 13.7. The van der Waals surface area contributed by atoms with Crippen molar-refractivity contribution in [3.05, 3.63) is 119 Å². The maximum Gasteiger partial charge on any atom is 0.344 e. The second-order valence-electron chi connectivity index (χ2n) is 8.38. The van der Waals surface area contributed by atoms with Gasteiger partial charge in [0.2, 0.25) is 0 Å². The molecule has 0 fully saturated rings. The SMILES string of the molecule is COc1ccccc1[C@@H]1C(=O)N(OC(=O)C2c3ccccc3-c3ccccc32)c2ccccc21. The maximum atomic E-state index is 13.7. The highest BCUT2D eigenvalue weighted by atomic mass is 16.7. The summed E-state index contributed by atoms with van der Waals surface area (Å²) in [7, 11) is 1.58. The highest BCUT2D eigenvalue weighted by molar-refractivity contribution is 6.07. The van der Waals surface area contributed by atoms with Crippen LogP contribution in [0, 0.1) is 0 Å². The van der Waals surface area contributed by atoms with Crippen molar-refractivity contribution in [2.24, 2.45) is 0 Å². The van der Waals surface area contributed by atoms with Gasteiger partial charge in [-0.15, -0.1) is 5.06 Å². The topological polar surface area (TPSA) is 55.8 Å². The third kappa shape index (κ3) is 2.94. The van der Waals surface area contributed by atoms with Gasteiger partial charge in [-0.3, -0.25) is 4.79 Å². The number of hydrogen-bond donors (Lipinski definition) is 0. The fourth-order valence-corrected chi connectivity index (χ4v) is 5.14. The first-order valence-electron chi connectivity index (χ1n) is 11.1. The molecule has 4 aromatic carbocycles. The average molecular weight is 447 g/mol. The van der Waals surface area contributed by atoms with Crippen LogP contribution in [-0.2, 0) is 14.4 Å². The highest BCUT2D eigenvalue weighted by Crippen LogP contribution is 2.47. The van der Waals surface area contributed by atoms with Crippen molar-refractivity contribution in [2.75, 3.05) is 12.2 Å². The average Bonchev–Trinajstić information content (AvgIpc) is 3.36. The summed E-state index contributed by atoms with van der Waals surface area (Å²) >= 11 is 0. The van der Waals surface area contributed by atoms with Gasteiger partial charge in [-0.05, 0) is 39.9 Å². The number of ether oxygens (including phenoxy) is 1. The first-order valence-corrected chi connectivity index (χ1v) is 11.1. The molecule has 4 aromatic rings. The second kappa shape index (κ2) is 7.89. The van der Waals surface area contributed by atoms with E-state index in [4.69, 9.17) is 9.57 Å². The number of carbonyl (C=O) groups excluding carboxylic acids is 2. The van der Waals surface area contributed by atoms with Gasteiger partial charge in [0, 0.05) is 5.56 Å². The van der Waals surface area contributed by atoms with Gasteiger partial charge in [-0.25, -0.2) is 4.79 Å². The molecule has 0 spiro atoms. The van der Waals surface area contributed by atoms with E-state index in [1.807, 2.05) is 91.0 Å². The third-order valence-corrected chi connectivity index (χ3v) is 6.61. The Morgan fingerprint density at radius 1 is 0.706 bits per heavy atom. The molecule has 5 heteroatoms. The fourth-order valence-electron chi connectivity index (χ4n) is 5.14. The number of fused-ring (bicyclic) bond motifs is 4. The Kier molecular flexibility index (Phi) is 4.69. The summed E-state index contributed by atoms with van der Waals surface area (Å²) in [5.41, 5.74) is 5.87. The quantitative estimate of drug-likeness (QED) is 0.418. The lowest BCUT2D eigenvalue weighted by atomic mass is 9.92. The zero-order chi connectivity index (χ0) is 23.2. The Morgan fingerprint density at radius 3 is 1.88 bits per heavy atom. The number of nitrogens with zero attached hydrogens (tertiary/aromatic N) is 1. The van der Waals surface area contributed by atoms with E-state index in [0.717, 1.165) is 38.4 Å². The van der Waals surface area contributed by atoms with Crippen LogP contribution < -0.4 is 9.80 Å². The van der Waals surface area contributed by atoms with Gasteiger partial charge in [0.15, 0.2) is 0 Å². The monoisotopic (exact) mass is 447 g/mol. The normalized spacial score (nSPS) is 16.1. The van der Waals surface area contributed by atoms with Crippen molar-refractivity contribution in [3.63, 3.8) is 0 Å². The van der Waals surface area contributed by atoms with Crippen molar-refractivity contribution >= 4 is 17.6 Å². The van der Waals surface area contributed by atoms with Crippen molar-refractivity contribution in [1.82, 2.24) is 0 Å². The molecule has 0 saturated heterocycles. The molecule has 6 rings (SSSR count). The molecule has 0 radical (unpaired) electrons. The molecule has 1 amide bonds. The van der Waals surface area contributed by atoms with Crippen molar-refractivity contribution in [2.45, 2.75) is 11.8 Å². The molecule has 2 aliphatic rings. The van der Waals surface area contributed by atoms with E-state index in [2.05, 4.69) is 0 Å². The number of carbonyl (C=O) groups is 2. The lowest BCUT2D eigenvalue weighted by molar-refractivity contribution is -0.150. The molecule has 0 bridgehead atoms. The van der Waals surface area contributed by atoms with Crippen LogP contribution in [0.25, 0.3) is 11.1 Å². The highest BCUT2D eigenvalue weighted by Gasteiger charge is 2.44. The number of benzene rings is 4. The Hall–Kier alpha value is -4.38. The Labute approximate surface area is 197 Å². The summed E-state index contributed by atoms with van der Waals surface area (Å²) in [6, 6.07) is 30.5. The molecular weight excluding hydrogens is 426 g/mol. The van der Waals surface area contributed by atoms with Gasteiger partial charge in [-0.2, -0.15) is 0 Å². The van der Waals surface area contributed by atoms with E-state index in [1.54, 1.807) is 13.2 Å². The van der Waals surface area contributed by atoms with E-state index >= 15 is 0 Å². The van der Waals surface area contributed by atoms with Crippen molar-refractivity contribution in [3.8, 4) is 16.9 Å². The summed E-state index contributed by atoms with van der Waals surface area (Å²) in [5, 5.41) is 1.15. The lowest BCUT2D eigenvalue weighted by Crippen LogP contribution is -2.34. The van der Waals surface area contributed by atoms with Crippen molar-refractivity contribution < 1.29 is 19.2 Å². The minimum atomic E-state index is -0.622. The van der Waals surface area contributed by atoms with Gasteiger partial charge < -0.3 is 9.57 Å². The number of rotatable bonds is 4. The van der Waals surface area contributed by atoms with E-state index in [9.17, 15) is 9.59 Å². The lowest BCUT2D eigenvalue weighted by Gasteiger charge is -2.20. The summed E-state index contributed by atoms with van der Waals surface area (Å²) in [4.78, 5) is 33.2. The second-order valence-corrected chi connectivity index (χ2v) is 8.38. The Bertz CT molecular complexity index is 1400.